The molecule has 0 radical (unpaired) electrons. The zero-order valence-electron chi connectivity index (χ0n) is 30.6. The van der Waals surface area contributed by atoms with E-state index in [2.05, 4.69) is 94.5 Å². The first-order valence-corrected chi connectivity index (χ1v) is 21.0. The number of fused-ring (bicyclic) bond motifs is 3. The molecule has 2 aliphatic rings. The third-order valence-corrected chi connectivity index (χ3v) is 17.1. The Balaban J connectivity index is 0.000000209. The molecule has 0 saturated carbocycles. The Morgan fingerprint density at radius 1 is 0.620 bits per heavy atom. The molecule has 50 heavy (non-hydrogen) atoms. The molecule has 6 rings (SSSR count). The van der Waals surface area contributed by atoms with Gasteiger partial charge >= 0.3 is 179 Å². The smallest absolute Gasteiger partial charge is 0.114 e. The first-order valence-electron chi connectivity index (χ1n) is 17.2. The number of para-hydroxylation sites is 2. The Morgan fingerprint density at radius 2 is 1.02 bits per heavy atom. The molecule has 7 heteroatoms. The molecular formula is C43H50O6Zr. The van der Waals surface area contributed by atoms with Crippen LogP contribution in [-0.2, 0) is 21.3 Å². The molecule has 0 fully saturated rings. The van der Waals surface area contributed by atoms with Gasteiger partial charge in [-0.25, -0.2) is 0 Å². The number of methoxy groups -OCH3 is 4. The van der Waals surface area contributed by atoms with Crippen molar-refractivity contribution in [2.75, 3.05) is 28.4 Å². The van der Waals surface area contributed by atoms with Crippen LogP contribution >= 0.6 is 0 Å². The predicted molar refractivity (Wildman–Crippen MR) is 197 cm³/mol. The van der Waals surface area contributed by atoms with Crippen molar-refractivity contribution in [2.24, 2.45) is 11.8 Å². The Kier molecular flexibility index (Phi) is 14.5. The van der Waals surface area contributed by atoms with Gasteiger partial charge in [0, 0.05) is 0 Å². The Bertz CT molecular complexity index is 1660. The fourth-order valence-electron chi connectivity index (χ4n) is 6.65. The molecular weight excluding hydrogens is 704 g/mol. The van der Waals surface area contributed by atoms with Gasteiger partial charge in [-0.1, -0.05) is 12.1 Å². The molecule has 2 aliphatic carbocycles. The van der Waals surface area contributed by atoms with Crippen LogP contribution < -0.4 is 29.2 Å². The second-order valence-electron chi connectivity index (χ2n) is 13.1. The quantitative estimate of drug-likeness (QED) is 0.161. The number of allylic oxidation sites excluding steroid dienone is 4. The van der Waals surface area contributed by atoms with Crippen LogP contribution in [0.3, 0.4) is 0 Å². The fraction of sp³-hybridized carbons (Fsp3) is 0.326. The van der Waals surface area contributed by atoms with Gasteiger partial charge in [0.05, 0.1) is 28.4 Å². The molecule has 0 amide bonds. The first kappa shape index (κ1) is 38.7. The summed E-state index contributed by atoms with van der Waals surface area (Å²) >= 11 is -2.09. The third-order valence-electron chi connectivity index (χ3n) is 8.70. The summed E-state index contributed by atoms with van der Waals surface area (Å²) in [5, 5.41) is 22.4. The van der Waals surface area contributed by atoms with Crippen LogP contribution in [0.15, 0.2) is 106 Å². The minimum Gasteiger partial charge on any atom is -0.867 e. The summed E-state index contributed by atoms with van der Waals surface area (Å²) in [4.78, 5) is 0. The van der Waals surface area contributed by atoms with Crippen LogP contribution in [0.1, 0.15) is 61.7 Å². The van der Waals surface area contributed by atoms with Crippen molar-refractivity contribution in [3.63, 3.8) is 0 Å². The number of hydrogen-bond donors (Lipinski definition) is 0. The molecule has 4 aromatic carbocycles. The topological polar surface area (TPSA) is 83.0 Å². The van der Waals surface area contributed by atoms with E-state index in [9.17, 15) is 10.2 Å². The van der Waals surface area contributed by atoms with Gasteiger partial charge in [-0.15, -0.1) is 0 Å². The Morgan fingerprint density at radius 3 is 1.36 bits per heavy atom. The molecule has 0 unspecified atom stereocenters. The van der Waals surface area contributed by atoms with E-state index in [1.165, 1.54) is 58.8 Å². The number of benzene rings is 4. The second kappa shape index (κ2) is 18.8. The van der Waals surface area contributed by atoms with Crippen LogP contribution in [-0.4, -0.2) is 31.6 Å². The standard InChI is InChI=1S/C13H9.C9H18.2C8H10O3.C5H5.Zr/c1-3-7-12-10(5-1)9-11-6-2-4-8-13(11)12;1-8(2)6-5-7-9(3)4;2*1-10-6-4-3-5-7(11-2)8(6)9;1-2-4-5-3-1;/h1-9H;8-9H,6-7H2,1-4H3;2*3-5,9H,1-2H3;1-3H,4H2;/q;;;;;+2/p-2. The zero-order chi connectivity index (χ0) is 36.2. The van der Waals surface area contributed by atoms with E-state index in [4.69, 9.17) is 18.9 Å². The minimum atomic E-state index is -2.09. The van der Waals surface area contributed by atoms with Gasteiger partial charge in [0.25, 0.3) is 0 Å². The molecule has 0 aromatic heterocycles. The van der Waals surface area contributed by atoms with Crippen LogP contribution in [0.4, 0.5) is 0 Å². The number of hydrogen-bond acceptors (Lipinski definition) is 6. The van der Waals surface area contributed by atoms with Crippen molar-refractivity contribution in [3.8, 4) is 45.6 Å². The summed E-state index contributed by atoms with van der Waals surface area (Å²) in [6.45, 7) is 9.61. The number of rotatable bonds is 10. The second-order valence-corrected chi connectivity index (χ2v) is 19.9. The minimum absolute atomic E-state index is 0.211. The average molecular weight is 754 g/mol. The molecule has 0 bridgehead atoms. The van der Waals surface area contributed by atoms with E-state index in [0.717, 1.165) is 11.8 Å². The SMILES string of the molecule is CC(C)C[C](CC(C)C)=[Zr+2]([C]1=CC=CC1)[CH]1c2ccccc2-c2ccccc21.COc1cccc(OC)c1[O-].COc1cccc(OC)c1[O-]. The summed E-state index contributed by atoms with van der Waals surface area (Å²) in [5.41, 5.74) is 6.19. The van der Waals surface area contributed by atoms with Crippen LogP contribution in [0.2, 0.25) is 0 Å². The van der Waals surface area contributed by atoms with E-state index < -0.39 is 21.3 Å². The van der Waals surface area contributed by atoms with Crippen LogP contribution in [0.5, 0.6) is 34.5 Å². The fourth-order valence-corrected chi connectivity index (χ4v) is 17.0. The van der Waals surface area contributed by atoms with Crippen molar-refractivity contribution in [1.82, 2.24) is 0 Å². The molecule has 4 aromatic rings. The maximum absolute atomic E-state index is 11.2. The van der Waals surface area contributed by atoms with Crippen molar-refractivity contribution < 1.29 is 50.4 Å². The summed E-state index contributed by atoms with van der Waals surface area (Å²) in [7, 11) is 5.82. The molecule has 0 spiro atoms. The van der Waals surface area contributed by atoms with Gasteiger partial charge in [-0.2, -0.15) is 0 Å². The molecule has 0 aliphatic heterocycles. The van der Waals surface area contributed by atoms with Crippen molar-refractivity contribution in [3.05, 3.63) is 118 Å². The largest absolute Gasteiger partial charge is 0.867 e. The van der Waals surface area contributed by atoms with Gasteiger partial charge in [-0.3, -0.25) is 0 Å². The maximum atomic E-state index is 11.2. The van der Waals surface area contributed by atoms with Crippen molar-refractivity contribution >= 4 is 3.21 Å². The monoisotopic (exact) mass is 752 g/mol. The van der Waals surface area contributed by atoms with Gasteiger partial charge in [0.1, 0.15) is 23.0 Å². The molecule has 0 N–H and O–H groups in total. The van der Waals surface area contributed by atoms with Gasteiger partial charge in [-0.05, 0) is 35.8 Å². The third kappa shape index (κ3) is 9.37. The molecule has 262 valence electrons. The zero-order valence-corrected chi connectivity index (χ0v) is 33.1. The number of ether oxygens (including phenoxy) is 4. The van der Waals surface area contributed by atoms with Gasteiger partial charge < -0.3 is 29.2 Å². The Labute approximate surface area is 306 Å². The molecule has 0 saturated heterocycles. The predicted octanol–water partition coefficient (Wildman–Crippen LogP) is 9.04. The first-order chi connectivity index (χ1) is 24.1. The van der Waals surface area contributed by atoms with Crippen LogP contribution in [0.25, 0.3) is 11.1 Å². The van der Waals surface area contributed by atoms with Crippen molar-refractivity contribution in [1.29, 1.82) is 0 Å². The average Bonchev–Trinajstić information content (AvgIpc) is 3.76. The molecule has 0 atom stereocenters. The summed E-state index contributed by atoms with van der Waals surface area (Å²) in [5.74, 6) is 2.30. The summed E-state index contributed by atoms with van der Waals surface area (Å²) in [6, 6.07) is 28.3. The van der Waals surface area contributed by atoms with Gasteiger partial charge in [0.15, 0.2) is 0 Å². The Hall–Kier alpha value is -4.09. The maximum Gasteiger partial charge on any atom is 0.114 e. The van der Waals surface area contributed by atoms with Crippen molar-refractivity contribution in [2.45, 2.75) is 50.6 Å². The normalized spacial score (nSPS) is 12.4. The van der Waals surface area contributed by atoms with E-state index in [-0.39, 0.29) is 11.5 Å². The molecule has 6 nitrogen and oxygen atoms in total. The molecule has 0 heterocycles. The van der Waals surface area contributed by atoms with Crippen LogP contribution in [0, 0.1) is 11.8 Å². The van der Waals surface area contributed by atoms with E-state index in [1.807, 2.05) is 3.21 Å². The van der Waals surface area contributed by atoms with E-state index >= 15 is 0 Å². The van der Waals surface area contributed by atoms with E-state index in [0.29, 0.717) is 26.6 Å². The summed E-state index contributed by atoms with van der Waals surface area (Å²) in [6.07, 6.45) is 11.0. The van der Waals surface area contributed by atoms with E-state index in [1.54, 1.807) is 50.8 Å². The van der Waals surface area contributed by atoms with Gasteiger partial charge in [0.2, 0.25) is 0 Å². The summed E-state index contributed by atoms with van der Waals surface area (Å²) < 4.78 is 23.6.